The summed E-state index contributed by atoms with van der Waals surface area (Å²) in [5.41, 5.74) is 6.19. The number of nitrogens with zero attached hydrogens (tertiary/aromatic N) is 2. The first-order valence-corrected chi connectivity index (χ1v) is 9.32. The van der Waals surface area contributed by atoms with Crippen LogP contribution in [0.5, 0.6) is 5.75 Å². The maximum absolute atomic E-state index is 13.3. The van der Waals surface area contributed by atoms with Crippen LogP contribution in [0.25, 0.3) is 0 Å². The number of anilines is 2. The fourth-order valence-electron chi connectivity index (χ4n) is 3.44. The number of aromatic nitrogens is 1. The van der Waals surface area contributed by atoms with Gasteiger partial charge in [-0.25, -0.2) is 9.37 Å². The smallest absolute Gasteiger partial charge is 0.387 e. The minimum absolute atomic E-state index is 0.0124. The molecule has 0 radical (unpaired) electrons. The summed E-state index contributed by atoms with van der Waals surface area (Å²) < 4.78 is 42.4. The summed E-state index contributed by atoms with van der Waals surface area (Å²) in [6.07, 6.45) is 2.61. The molecule has 1 aliphatic heterocycles. The first-order chi connectivity index (χ1) is 14.2. The fourth-order valence-corrected chi connectivity index (χ4v) is 3.44. The minimum Gasteiger partial charge on any atom is -0.431 e. The molecule has 0 spiro atoms. The van der Waals surface area contributed by atoms with E-state index in [1.165, 1.54) is 17.0 Å². The number of nitrogens with one attached hydrogen (secondary N) is 1. The number of carbonyl (C=O) groups is 2. The predicted octanol–water partition coefficient (Wildman–Crippen LogP) is 3.34. The minimum atomic E-state index is -3.12. The Labute approximate surface area is 171 Å². The molecule has 3 N–H and O–H groups in total. The van der Waals surface area contributed by atoms with Crippen molar-refractivity contribution in [1.29, 1.82) is 0 Å². The number of ether oxygens (including phenoxy) is 1. The average Bonchev–Trinajstić information content (AvgIpc) is 2.70. The van der Waals surface area contributed by atoms with E-state index in [4.69, 9.17) is 5.73 Å². The monoisotopic (exact) mass is 422 g/mol. The van der Waals surface area contributed by atoms with Crippen LogP contribution in [-0.4, -0.2) is 34.9 Å². The normalized spacial score (nSPS) is 18.9. The van der Waals surface area contributed by atoms with E-state index >= 15 is 0 Å². The highest BCUT2D eigenvalue weighted by Crippen LogP contribution is 2.33. The lowest BCUT2D eigenvalue weighted by molar-refractivity contribution is -0.146. The highest BCUT2D eigenvalue weighted by Gasteiger charge is 2.34. The standard InChI is InChI=1S/C20H21F3N4O3/c1-11-2-7-15(12-3-5-13(21)6-4-12)27(10-11)19(29)18(28)26-14-8-16(30-20(22)23)17(24)25-9-14/h3-6,8-9,11,15,20H,2,7,10H2,1H3,(H2,24,25)(H,26,28)/t11-,15+/m1/s1. The zero-order valence-electron chi connectivity index (χ0n) is 16.1. The van der Waals surface area contributed by atoms with Gasteiger partial charge in [0, 0.05) is 12.6 Å². The van der Waals surface area contributed by atoms with Crippen LogP contribution in [-0.2, 0) is 9.59 Å². The first kappa shape index (κ1) is 21.4. The van der Waals surface area contributed by atoms with Gasteiger partial charge in [-0.3, -0.25) is 9.59 Å². The van der Waals surface area contributed by atoms with Crippen molar-refractivity contribution in [2.24, 2.45) is 5.92 Å². The Morgan fingerprint density at radius 3 is 2.63 bits per heavy atom. The van der Waals surface area contributed by atoms with Gasteiger partial charge in [0.2, 0.25) is 0 Å². The molecular formula is C20H21F3N4O3. The van der Waals surface area contributed by atoms with E-state index < -0.39 is 30.0 Å². The second-order valence-electron chi connectivity index (χ2n) is 7.15. The summed E-state index contributed by atoms with van der Waals surface area (Å²) in [6, 6.07) is 6.48. The molecule has 1 saturated heterocycles. The first-order valence-electron chi connectivity index (χ1n) is 9.32. The Morgan fingerprint density at radius 1 is 1.27 bits per heavy atom. The molecule has 160 valence electrons. The van der Waals surface area contributed by atoms with Gasteiger partial charge in [-0.2, -0.15) is 8.78 Å². The zero-order chi connectivity index (χ0) is 21.8. The molecule has 1 aromatic heterocycles. The van der Waals surface area contributed by atoms with Gasteiger partial charge in [0.1, 0.15) is 5.82 Å². The number of halogens is 3. The summed E-state index contributed by atoms with van der Waals surface area (Å²) >= 11 is 0. The third-order valence-electron chi connectivity index (χ3n) is 4.88. The van der Waals surface area contributed by atoms with Gasteiger partial charge >= 0.3 is 18.4 Å². The second kappa shape index (κ2) is 9.02. The number of nitrogens with two attached hydrogens (primary N) is 1. The van der Waals surface area contributed by atoms with Gasteiger partial charge in [-0.15, -0.1) is 0 Å². The van der Waals surface area contributed by atoms with E-state index in [9.17, 15) is 22.8 Å². The summed E-state index contributed by atoms with van der Waals surface area (Å²) in [6.45, 7) is -0.793. The maximum atomic E-state index is 13.3. The lowest BCUT2D eigenvalue weighted by atomic mass is 9.90. The largest absolute Gasteiger partial charge is 0.431 e. The molecule has 1 aromatic carbocycles. The molecule has 2 amide bonds. The van der Waals surface area contributed by atoms with Gasteiger partial charge in [0.05, 0.1) is 17.9 Å². The van der Waals surface area contributed by atoms with Gasteiger partial charge in [0.25, 0.3) is 0 Å². The number of hydrogen-bond donors (Lipinski definition) is 2. The molecule has 2 heterocycles. The van der Waals surface area contributed by atoms with Crippen molar-refractivity contribution in [3.63, 3.8) is 0 Å². The molecule has 0 unspecified atom stereocenters. The van der Waals surface area contributed by atoms with Crippen molar-refractivity contribution < 1.29 is 27.5 Å². The number of nitrogen functional groups attached to an aromatic ring is 1. The number of rotatable bonds is 4. The molecule has 2 aromatic rings. The molecule has 0 saturated carbocycles. The number of alkyl halides is 2. The van der Waals surface area contributed by atoms with Crippen LogP contribution in [0.15, 0.2) is 36.5 Å². The highest BCUT2D eigenvalue weighted by atomic mass is 19.3. The molecule has 2 atom stereocenters. The van der Waals surface area contributed by atoms with Crippen molar-refractivity contribution in [2.45, 2.75) is 32.4 Å². The van der Waals surface area contributed by atoms with Gasteiger partial charge in [0.15, 0.2) is 11.6 Å². The van der Waals surface area contributed by atoms with E-state index in [2.05, 4.69) is 15.0 Å². The summed E-state index contributed by atoms with van der Waals surface area (Å²) in [5, 5.41) is 2.34. The number of pyridine rings is 1. The van der Waals surface area contributed by atoms with E-state index in [1.54, 1.807) is 12.1 Å². The number of carbonyl (C=O) groups excluding carboxylic acids is 2. The van der Waals surface area contributed by atoms with Gasteiger partial charge in [-0.1, -0.05) is 19.1 Å². The molecule has 1 aliphatic rings. The quantitative estimate of drug-likeness (QED) is 0.737. The third-order valence-corrected chi connectivity index (χ3v) is 4.88. The van der Waals surface area contributed by atoms with E-state index in [0.717, 1.165) is 24.2 Å². The van der Waals surface area contributed by atoms with E-state index in [0.29, 0.717) is 13.0 Å². The van der Waals surface area contributed by atoms with Crippen LogP contribution in [0, 0.1) is 11.7 Å². The van der Waals surface area contributed by atoms with Gasteiger partial charge in [-0.05, 0) is 36.5 Å². The van der Waals surface area contributed by atoms with Crippen LogP contribution in [0.4, 0.5) is 24.7 Å². The third kappa shape index (κ3) is 5.00. The summed E-state index contributed by atoms with van der Waals surface area (Å²) in [7, 11) is 0. The zero-order valence-corrected chi connectivity index (χ0v) is 16.1. The highest BCUT2D eigenvalue weighted by molar-refractivity contribution is 6.39. The lowest BCUT2D eigenvalue weighted by Gasteiger charge is -2.38. The summed E-state index contributed by atoms with van der Waals surface area (Å²) in [4.78, 5) is 30.6. The van der Waals surface area contributed by atoms with Crippen LogP contribution in [0.3, 0.4) is 0 Å². The second-order valence-corrected chi connectivity index (χ2v) is 7.15. The van der Waals surface area contributed by atoms with Crippen LogP contribution in [0.2, 0.25) is 0 Å². The van der Waals surface area contributed by atoms with Crippen LogP contribution < -0.4 is 15.8 Å². The van der Waals surface area contributed by atoms with Gasteiger partial charge < -0.3 is 20.7 Å². The number of piperidine rings is 1. The molecule has 1 fully saturated rings. The lowest BCUT2D eigenvalue weighted by Crippen LogP contribution is -2.46. The number of benzene rings is 1. The molecule has 30 heavy (non-hydrogen) atoms. The van der Waals surface area contributed by atoms with E-state index in [1.807, 2.05) is 6.92 Å². The van der Waals surface area contributed by atoms with Crippen LogP contribution in [0.1, 0.15) is 31.4 Å². The molecule has 10 heteroatoms. The van der Waals surface area contributed by atoms with Crippen molar-refractivity contribution in [3.8, 4) is 5.75 Å². The van der Waals surface area contributed by atoms with E-state index in [-0.39, 0.29) is 23.5 Å². The molecule has 0 bridgehead atoms. The number of amides is 2. The van der Waals surface area contributed by atoms with Crippen molar-refractivity contribution >= 4 is 23.3 Å². The Morgan fingerprint density at radius 2 is 1.97 bits per heavy atom. The Kier molecular flexibility index (Phi) is 6.43. The Balaban J connectivity index is 1.77. The molecule has 3 rings (SSSR count). The molecular weight excluding hydrogens is 401 g/mol. The maximum Gasteiger partial charge on any atom is 0.387 e. The fraction of sp³-hybridized carbons (Fsp3) is 0.350. The van der Waals surface area contributed by atoms with Crippen molar-refractivity contribution in [3.05, 3.63) is 47.9 Å². The number of likely N-dealkylation sites (tertiary alicyclic amines) is 1. The van der Waals surface area contributed by atoms with Crippen molar-refractivity contribution in [1.82, 2.24) is 9.88 Å². The SMILES string of the molecule is C[C@@H]1CC[C@@H](c2ccc(F)cc2)N(C(=O)C(=O)Nc2cnc(N)c(OC(F)F)c2)C1. The Bertz CT molecular complexity index is 924. The van der Waals surface area contributed by atoms with Crippen LogP contribution >= 0.6 is 0 Å². The predicted molar refractivity (Wildman–Crippen MR) is 103 cm³/mol. The topological polar surface area (TPSA) is 97.6 Å². The average molecular weight is 422 g/mol. The molecule has 7 nitrogen and oxygen atoms in total. The molecule has 0 aliphatic carbocycles. The number of hydrogen-bond acceptors (Lipinski definition) is 5. The summed E-state index contributed by atoms with van der Waals surface area (Å²) in [5.74, 6) is -2.64. The Hall–Kier alpha value is -3.30. The van der Waals surface area contributed by atoms with Crippen molar-refractivity contribution in [2.75, 3.05) is 17.6 Å².